The van der Waals surface area contributed by atoms with E-state index in [4.69, 9.17) is 14.9 Å². The molecule has 2 aromatic carbocycles. The number of amides is 1. The molecule has 3 rings (SSSR count). The molecule has 0 saturated heterocycles. The van der Waals surface area contributed by atoms with Crippen LogP contribution in [0.4, 0.5) is 44.6 Å². The number of hydrogen-bond acceptors (Lipinski definition) is 7. The number of rotatable bonds is 9. The van der Waals surface area contributed by atoms with Gasteiger partial charge in [-0.1, -0.05) is 23.5 Å². The summed E-state index contributed by atoms with van der Waals surface area (Å²) in [5.41, 5.74) is -3.16. The Labute approximate surface area is 223 Å². The van der Waals surface area contributed by atoms with Gasteiger partial charge in [0.1, 0.15) is 6.61 Å². The van der Waals surface area contributed by atoms with E-state index >= 15 is 0 Å². The molecule has 1 amide bonds. The zero-order valence-electron chi connectivity index (χ0n) is 20.0. The van der Waals surface area contributed by atoms with Gasteiger partial charge in [0.2, 0.25) is 16.0 Å². The third kappa shape index (κ3) is 7.61. The lowest BCUT2D eigenvalue weighted by Gasteiger charge is -2.18. The molecule has 1 aromatic heterocycles. The average molecular weight is 600 g/mol. The zero-order valence-corrected chi connectivity index (χ0v) is 20.8. The van der Waals surface area contributed by atoms with Crippen molar-refractivity contribution in [1.29, 1.82) is 5.41 Å². The summed E-state index contributed by atoms with van der Waals surface area (Å²) in [5.74, 6) is -2.07. The fourth-order valence-electron chi connectivity index (χ4n) is 3.32. The molecular formula is C23H17F9N4O3S. The number of anilines is 1. The van der Waals surface area contributed by atoms with Crippen molar-refractivity contribution < 1.29 is 53.8 Å². The van der Waals surface area contributed by atoms with Gasteiger partial charge in [0.25, 0.3) is 0 Å². The first kappa shape index (κ1) is 30.6. The molecule has 7 nitrogen and oxygen atoms in total. The molecule has 216 valence electrons. The third-order valence-corrected chi connectivity index (χ3v) is 6.13. The number of benzene rings is 2. The van der Waals surface area contributed by atoms with Crippen molar-refractivity contribution in [3.05, 3.63) is 63.7 Å². The summed E-state index contributed by atoms with van der Waals surface area (Å²) in [6.45, 7) is -0.754. The Kier molecular flexibility index (Phi) is 8.96. The summed E-state index contributed by atoms with van der Waals surface area (Å²) in [6, 6.07) is 5.19. The minimum Gasteiger partial charge on any atom is -0.493 e. The highest BCUT2D eigenvalue weighted by atomic mass is 32.1. The van der Waals surface area contributed by atoms with Gasteiger partial charge in [0.05, 0.1) is 24.2 Å². The van der Waals surface area contributed by atoms with E-state index in [1.807, 2.05) is 0 Å². The molecule has 40 heavy (non-hydrogen) atoms. The van der Waals surface area contributed by atoms with Crippen LogP contribution in [-0.4, -0.2) is 29.4 Å². The lowest BCUT2D eigenvalue weighted by molar-refractivity contribution is -0.143. The van der Waals surface area contributed by atoms with Crippen molar-refractivity contribution in [2.45, 2.75) is 31.6 Å². The topological polar surface area (TPSA) is 97.2 Å². The number of halogens is 9. The molecule has 2 N–H and O–H groups in total. The molecule has 0 saturated carbocycles. The average Bonchev–Trinajstić information content (AvgIpc) is 3.34. The molecule has 0 radical (unpaired) electrons. The van der Waals surface area contributed by atoms with Gasteiger partial charge in [-0.2, -0.15) is 39.5 Å². The Bertz CT molecular complexity index is 1370. The predicted octanol–water partition coefficient (Wildman–Crippen LogP) is 6.63. The first-order valence-corrected chi connectivity index (χ1v) is 11.6. The first-order chi connectivity index (χ1) is 18.5. The minimum atomic E-state index is -5.08. The van der Waals surface area contributed by atoms with E-state index < -0.39 is 63.8 Å². The Morgan fingerprint density at radius 1 is 0.975 bits per heavy atom. The number of carbonyl (C=O) groups excluding carboxylic acids is 1. The molecule has 0 aliphatic carbocycles. The number of carbonyl (C=O) groups is 1. The number of hydrogen-bond donors (Lipinski definition) is 2. The van der Waals surface area contributed by atoms with Crippen LogP contribution in [-0.2, 0) is 36.4 Å². The standard InChI is InChI=1S/C23H17F9N4O3S/c1-38-17-7-11(6-13(9-33)18(37)34-20-36-35-19(40-20)23(30,31)32)2-5-16(17)39-10-12-3-4-14(21(24,25)26)8-15(12)22(27,28)29/h2-5,7-9,13,33H,6,10H2,1H3,(H,34,36,37). The summed E-state index contributed by atoms with van der Waals surface area (Å²) in [4.78, 5) is 12.5. The lowest BCUT2D eigenvalue weighted by Crippen LogP contribution is -2.25. The molecule has 1 unspecified atom stereocenters. The van der Waals surface area contributed by atoms with Crippen molar-refractivity contribution in [3.8, 4) is 11.5 Å². The highest BCUT2D eigenvalue weighted by Gasteiger charge is 2.38. The van der Waals surface area contributed by atoms with E-state index in [-0.39, 0.29) is 35.3 Å². The van der Waals surface area contributed by atoms with Crippen LogP contribution in [0.2, 0.25) is 0 Å². The molecule has 1 heterocycles. The summed E-state index contributed by atoms with van der Waals surface area (Å²) in [6.07, 6.45) is -14.2. The molecule has 3 aromatic rings. The van der Waals surface area contributed by atoms with Gasteiger partial charge in [-0.05, 0) is 36.2 Å². The lowest BCUT2D eigenvalue weighted by atomic mass is 9.99. The predicted molar refractivity (Wildman–Crippen MR) is 123 cm³/mol. The second-order valence-corrected chi connectivity index (χ2v) is 9.00. The van der Waals surface area contributed by atoms with Gasteiger partial charge in [-0.3, -0.25) is 10.1 Å². The van der Waals surface area contributed by atoms with E-state index in [0.29, 0.717) is 17.7 Å². The Morgan fingerprint density at radius 2 is 1.68 bits per heavy atom. The normalized spacial score (nSPS) is 13.1. The van der Waals surface area contributed by atoms with Crippen molar-refractivity contribution >= 4 is 28.6 Å². The second kappa shape index (κ2) is 11.7. The molecule has 0 aliphatic heterocycles. The van der Waals surface area contributed by atoms with Crippen LogP contribution < -0.4 is 14.8 Å². The SMILES string of the molecule is COc1cc(CC(C=N)C(=O)Nc2nnc(C(F)(F)F)s2)ccc1OCc1ccc(C(F)(F)F)cc1C(F)(F)F. The van der Waals surface area contributed by atoms with Crippen LogP contribution in [0.1, 0.15) is 27.3 Å². The van der Waals surface area contributed by atoms with E-state index in [1.165, 1.54) is 25.3 Å². The van der Waals surface area contributed by atoms with Crippen molar-refractivity contribution in [2.75, 3.05) is 12.4 Å². The zero-order chi connectivity index (χ0) is 29.9. The Balaban J connectivity index is 1.74. The maximum Gasteiger partial charge on any atom is 0.445 e. The van der Waals surface area contributed by atoms with Crippen LogP contribution in [0.25, 0.3) is 0 Å². The quantitative estimate of drug-likeness (QED) is 0.212. The summed E-state index contributed by atoms with van der Waals surface area (Å²) >= 11 is 0.101. The van der Waals surface area contributed by atoms with E-state index in [1.54, 1.807) is 0 Å². The third-order valence-electron chi connectivity index (χ3n) is 5.25. The number of nitrogens with zero attached hydrogens (tertiary/aromatic N) is 2. The smallest absolute Gasteiger partial charge is 0.445 e. The molecular weight excluding hydrogens is 583 g/mol. The van der Waals surface area contributed by atoms with Gasteiger partial charge in [0.15, 0.2) is 11.5 Å². The summed E-state index contributed by atoms with van der Waals surface area (Å²) in [7, 11) is 1.21. The number of ether oxygens (including phenoxy) is 2. The largest absolute Gasteiger partial charge is 0.493 e. The monoisotopic (exact) mass is 600 g/mol. The minimum absolute atomic E-state index is 0.000974. The van der Waals surface area contributed by atoms with Crippen LogP contribution in [0.5, 0.6) is 11.5 Å². The second-order valence-electron chi connectivity index (χ2n) is 8.02. The van der Waals surface area contributed by atoms with Crippen LogP contribution >= 0.6 is 11.3 Å². The van der Waals surface area contributed by atoms with Crippen molar-refractivity contribution in [2.24, 2.45) is 5.92 Å². The highest BCUT2D eigenvalue weighted by Crippen LogP contribution is 2.38. The van der Waals surface area contributed by atoms with Gasteiger partial charge in [-0.25, -0.2) is 0 Å². The van der Waals surface area contributed by atoms with Crippen molar-refractivity contribution in [1.82, 2.24) is 10.2 Å². The summed E-state index contributed by atoms with van der Waals surface area (Å²) in [5, 5.41) is 14.2. The number of nitrogens with one attached hydrogen (secondary N) is 2. The molecule has 1 atom stereocenters. The van der Waals surface area contributed by atoms with Gasteiger partial charge < -0.3 is 14.9 Å². The molecule has 0 spiro atoms. The Hall–Kier alpha value is -3.89. The number of methoxy groups -OCH3 is 1. The maximum atomic E-state index is 13.4. The van der Waals surface area contributed by atoms with Crippen LogP contribution in [0.3, 0.4) is 0 Å². The summed E-state index contributed by atoms with van der Waals surface area (Å²) < 4.78 is 127. The maximum absolute atomic E-state index is 13.4. The van der Waals surface area contributed by atoms with Crippen LogP contribution in [0.15, 0.2) is 36.4 Å². The molecule has 17 heteroatoms. The van der Waals surface area contributed by atoms with E-state index in [9.17, 15) is 44.3 Å². The van der Waals surface area contributed by atoms with Crippen LogP contribution in [0, 0.1) is 11.3 Å². The molecule has 0 aliphatic rings. The van der Waals surface area contributed by atoms with Gasteiger partial charge in [-0.15, -0.1) is 10.2 Å². The fourth-order valence-corrected chi connectivity index (χ4v) is 3.94. The first-order valence-electron chi connectivity index (χ1n) is 10.8. The van der Waals surface area contributed by atoms with E-state index in [2.05, 4.69) is 15.5 Å². The van der Waals surface area contributed by atoms with Gasteiger partial charge in [0, 0.05) is 11.8 Å². The highest BCUT2D eigenvalue weighted by molar-refractivity contribution is 7.15. The fraction of sp³-hybridized carbons (Fsp3) is 0.304. The number of aromatic nitrogens is 2. The Morgan fingerprint density at radius 3 is 2.23 bits per heavy atom. The van der Waals surface area contributed by atoms with Gasteiger partial charge >= 0.3 is 18.5 Å². The molecule has 0 fully saturated rings. The molecule has 0 bridgehead atoms. The number of alkyl halides is 9. The van der Waals surface area contributed by atoms with Crippen molar-refractivity contribution in [3.63, 3.8) is 0 Å². The van der Waals surface area contributed by atoms with E-state index in [0.717, 1.165) is 6.21 Å².